The minimum absolute atomic E-state index is 0.333. The molecular weight excluding hydrogens is 410 g/mol. The van der Waals surface area contributed by atoms with Crippen molar-refractivity contribution in [3.05, 3.63) is 54.0 Å². The van der Waals surface area contributed by atoms with Crippen molar-refractivity contribution >= 4 is 17.4 Å². The van der Waals surface area contributed by atoms with Crippen LogP contribution in [-0.4, -0.2) is 25.5 Å². The number of fused-ring (bicyclic) bond motifs is 3. The van der Waals surface area contributed by atoms with Crippen LogP contribution in [0.3, 0.4) is 0 Å². The first-order chi connectivity index (χ1) is 16.0. The van der Waals surface area contributed by atoms with Crippen LogP contribution < -0.4 is 5.32 Å². The first-order valence-electron chi connectivity index (χ1n) is 12.2. The number of Topliss-reactive ketones (excluding diaryl/α,β-unsaturated/α-hetero) is 1. The third kappa shape index (κ3) is 5.00. The second-order valence-corrected chi connectivity index (χ2v) is 10.1. The predicted octanol–water partition coefficient (Wildman–Crippen LogP) is 5.79. The molecule has 6 rings (SSSR count). The first-order valence-corrected chi connectivity index (χ1v) is 12.2. The highest BCUT2D eigenvalue weighted by Gasteiger charge is 2.41. The summed E-state index contributed by atoms with van der Waals surface area (Å²) in [7, 11) is 1.88. The Kier molecular flexibility index (Phi) is 6.00. The lowest BCUT2D eigenvalue weighted by Gasteiger charge is -2.46. The van der Waals surface area contributed by atoms with Crippen LogP contribution in [0.25, 0.3) is 11.3 Å². The van der Waals surface area contributed by atoms with E-state index in [0.717, 1.165) is 35.7 Å². The van der Waals surface area contributed by atoms with Gasteiger partial charge in [-0.25, -0.2) is 9.97 Å². The molecule has 172 valence electrons. The fourth-order valence-corrected chi connectivity index (χ4v) is 5.72. The molecule has 2 bridgehead atoms. The molecule has 33 heavy (non-hydrogen) atoms. The molecule has 6 nitrogen and oxygen atoms in total. The largest absolute Gasteiger partial charge is 0.321 e. The molecule has 0 atom stereocenters. The summed E-state index contributed by atoms with van der Waals surface area (Å²) in [6.45, 7) is 2.13. The monoisotopic (exact) mass is 443 g/mol. The standard InChI is InChI=1S/C27H33N5O/c1-19-15-22(25-10-14-28-26(31-25)30-23-17-29-32(2)18-23)4-3-21(19)5-6-24(33)16-27-11-7-20(8-12-27)9-13-27/h3-4,10,14-15,17-18,20H,5-9,11-13,16H2,1-2H3,(H,28,30,31). The van der Waals surface area contributed by atoms with E-state index in [0.29, 0.717) is 23.6 Å². The van der Waals surface area contributed by atoms with Gasteiger partial charge in [-0.15, -0.1) is 0 Å². The van der Waals surface area contributed by atoms with E-state index in [4.69, 9.17) is 0 Å². The average molecular weight is 444 g/mol. The molecule has 1 N–H and O–H groups in total. The molecule has 3 aliphatic rings. The number of anilines is 2. The van der Waals surface area contributed by atoms with Crippen molar-refractivity contribution in [3.8, 4) is 11.3 Å². The van der Waals surface area contributed by atoms with Gasteiger partial charge in [-0.05, 0) is 86.5 Å². The molecule has 3 saturated carbocycles. The predicted molar refractivity (Wildman–Crippen MR) is 130 cm³/mol. The van der Waals surface area contributed by atoms with Gasteiger partial charge >= 0.3 is 0 Å². The Hall–Kier alpha value is -3.02. The van der Waals surface area contributed by atoms with E-state index < -0.39 is 0 Å². The van der Waals surface area contributed by atoms with Gasteiger partial charge in [-0.1, -0.05) is 12.1 Å². The number of nitrogens with one attached hydrogen (secondary N) is 1. The molecule has 2 heterocycles. The Balaban J connectivity index is 1.21. The number of hydrogen-bond acceptors (Lipinski definition) is 5. The molecule has 3 aliphatic carbocycles. The van der Waals surface area contributed by atoms with Crippen molar-refractivity contribution < 1.29 is 4.79 Å². The van der Waals surface area contributed by atoms with Gasteiger partial charge < -0.3 is 5.32 Å². The third-order valence-corrected chi connectivity index (χ3v) is 7.75. The molecule has 0 radical (unpaired) electrons. The van der Waals surface area contributed by atoms with Crippen LogP contribution in [0.2, 0.25) is 0 Å². The maximum atomic E-state index is 12.8. The number of carbonyl (C=O) groups is 1. The number of nitrogens with zero attached hydrogens (tertiary/aromatic N) is 4. The topological polar surface area (TPSA) is 72.7 Å². The molecule has 6 heteroatoms. The number of aromatic nitrogens is 4. The zero-order chi connectivity index (χ0) is 22.8. The van der Waals surface area contributed by atoms with E-state index in [1.165, 1.54) is 49.7 Å². The van der Waals surface area contributed by atoms with Crippen LogP contribution >= 0.6 is 0 Å². The Morgan fingerprint density at radius 1 is 1.18 bits per heavy atom. The first kappa shape index (κ1) is 21.8. The Morgan fingerprint density at radius 3 is 2.67 bits per heavy atom. The summed E-state index contributed by atoms with van der Waals surface area (Å²) in [5.41, 5.74) is 5.56. The Bertz CT molecular complexity index is 1130. The molecule has 1 aromatic carbocycles. The van der Waals surface area contributed by atoms with E-state index in [9.17, 15) is 4.79 Å². The molecule has 0 unspecified atom stereocenters. The van der Waals surface area contributed by atoms with Crippen molar-refractivity contribution in [2.45, 2.75) is 64.7 Å². The summed E-state index contributed by atoms with van der Waals surface area (Å²) in [6.07, 6.45) is 15.5. The second-order valence-electron chi connectivity index (χ2n) is 10.1. The lowest BCUT2D eigenvalue weighted by Crippen LogP contribution is -2.35. The molecule has 0 saturated heterocycles. The molecule has 0 spiro atoms. The number of carbonyl (C=O) groups excluding carboxylic acids is 1. The van der Waals surface area contributed by atoms with Gasteiger partial charge in [0.2, 0.25) is 5.95 Å². The van der Waals surface area contributed by atoms with Crippen molar-refractivity contribution in [2.75, 3.05) is 5.32 Å². The van der Waals surface area contributed by atoms with Gasteiger partial charge in [0, 0.05) is 37.8 Å². The number of hydrogen-bond donors (Lipinski definition) is 1. The summed E-state index contributed by atoms with van der Waals surface area (Å²) in [5, 5.41) is 7.36. The highest BCUT2D eigenvalue weighted by Crippen LogP contribution is 2.52. The normalized spacial score (nSPS) is 21.8. The molecule has 3 aromatic rings. The van der Waals surface area contributed by atoms with E-state index in [2.05, 4.69) is 45.5 Å². The lowest BCUT2D eigenvalue weighted by atomic mass is 9.59. The number of aryl methyl sites for hydroxylation is 3. The SMILES string of the molecule is Cc1cc(-c2ccnc(Nc3cnn(C)c3)n2)ccc1CCC(=O)CC12CCC(CC1)CC2. The highest BCUT2D eigenvalue weighted by molar-refractivity contribution is 5.79. The van der Waals surface area contributed by atoms with Gasteiger partial charge in [0.1, 0.15) is 5.78 Å². The fraction of sp³-hybridized carbons (Fsp3) is 0.481. The second kappa shape index (κ2) is 9.08. The number of rotatable bonds is 8. The summed E-state index contributed by atoms with van der Waals surface area (Å²) in [4.78, 5) is 21.8. The number of ketones is 1. The van der Waals surface area contributed by atoms with Crippen LogP contribution in [0.1, 0.15) is 62.5 Å². The minimum atomic E-state index is 0.333. The summed E-state index contributed by atoms with van der Waals surface area (Å²) in [5.74, 6) is 1.94. The summed E-state index contributed by atoms with van der Waals surface area (Å²) in [6, 6.07) is 8.34. The molecule has 2 aromatic heterocycles. The molecular formula is C27H33N5O. The van der Waals surface area contributed by atoms with Gasteiger partial charge in [0.15, 0.2) is 0 Å². The van der Waals surface area contributed by atoms with Crippen LogP contribution in [-0.2, 0) is 18.3 Å². The summed E-state index contributed by atoms with van der Waals surface area (Å²) >= 11 is 0. The fourth-order valence-electron chi connectivity index (χ4n) is 5.72. The van der Waals surface area contributed by atoms with Crippen LogP contribution in [0.15, 0.2) is 42.9 Å². The summed E-state index contributed by atoms with van der Waals surface area (Å²) < 4.78 is 1.73. The van der Waals surface area contributed by atoms with Gasteiger partial charge in [0.05, 0.1) is 17.6 Å². The van der Waals surface area contributed by atoms with Crippen molar-refractivity contribution in [1.82, 2.24) is 19.7 Å². The molecule has 3 fully saturated rings. The Morgan fingerprint density at radius 2 is 1.97 bits per heavy atom. The van der Waals surface area contributed by atoms with Gasteiger partial charge in [0.25, 0.3) is 0 Å². The van der Waals surface area contributed by atoms with Crippen LogP contribution in [0, 0.1) is 18.3 Å². The van der Waals surface area contributed by atoms with E-state index in [-0.39, 0.29) is 0 Å². The van der Waals surface area contributed by atoms with E-state index in [1.807, 2.05) is 19.3 Å². The quantitative estimate of drug-likeness (QED) is 0.477. The van der Waals surface area contributed by atoms with Gasteiger partial charge in [-0.2, -0.15) is 5.10 Å². The smallest absolute Gasteiger partial charge is 0.227 e. The lowest BCUT2D eigenvalue weighted by molar-refractivity contribution is -0.123. The number of benzene rings is 1. The van der Waals surface area contributed by atoms with Crippen molar-refractivity contribution in [1.29, 1.82) is 0 Å². The molecule has 0 aliphatic heterocycles. The third-order valence-electron chi connectivity index (χ3n) is 7.75. The van der Waals surface area contributed by atoms with E-state index in [1.54, 1.807) is 17.1 Å². The maximum absolute atomic E-state index is 12.8. The van der Waals surface area contributed by atoms with Crippen LogP contribution in [0.4, 0.5) is 11.6 Å². The zero-order valence-electron chi connectivity index (χ0n) is 19.7. The molecule has 0 amide bonds. The zero-order valence-corrected chi connectivity index (χ0v) is 19.7. The van der Waals surface area contributed by atoms with Crippen molar-refractivity contribution in [2.24, 2.45) is 18.4 Å². The maximum Gasteiger partial charge on any atom is 0.227 e. The minimum Gasteiger partial charge on any atom is -0.321 e. The highest BCUT2D eigenvalue weighted by atomic mass is 16.1. The van der Waals surface area contributed by atoms with Crippen molar-refractivity contribution in [3.63, 3.8) is 0 Å². The van der Waals surface area contributed by atoms with E-state index >= 15 is 0 Å². The van der Waals surface area contributed by atoms with Crippen LogP contribution in [0.5, 0.6) is 0 Å². The Labute approximate surface area is 195 Å². The average Bonchev–Trinajstić information content (AvgIpc) is 3.23. The van der Waals surface area contributed by atoms with Gasteiger partial charge in [-0.3, -0.25) is 9.48 Å².